The molecule has 26 heavy (non-hydrogen) atoms. The minimum Gasteiger partial charge on any atom is -0.299 e. The second-order valence-electron chi connectivity index (χ2n) is 7.91. The molecule has 2 aromatic rings. The summed E-state index contributed by atoms with van der Waals surface area (Å²) < 4.78 is 0. The molecule has 5 rings (SSSR count). The average molecular weight is 346 g/mol. The van der Waals surface area contributed by atoms with Gasteiger partial charge in [-0.2, -0.15) is 0 Å². The fourth-order valence-corrected chi connectivity index (χ4v) is 4.97. The minimum absolute atomic E-state index is 0.000388. The Morgan fingerprint density at radius 3 is 1.96 bits per heavy atom. The predicted molar refractivity (Wildman–Crippen MR) is 99.0 cm³/mol. The Balaban J connectivity index is 1.79. The molecule has 132 valence electrons. The number of hydrogen-bond acceptors (Lipinski definition) is 3. The summed E-state index contributed by atoms with van der Waals surface area (Å²) >= 11 is 0. The van der Waals surface area contributed by atoms with E-state index in [1.54, 1.807) is 24.3 Å². The molecule has 0 saturated heterocycles. The third-order valence-corrected chi connectivity index (χ3v) is 6.26. The van der Waals surface area contributed by atoms with Crippen LogP contribution in [0.5, 0.6) is 0 Å². The summed E-state index contributed by atoms with van der Waals surface area (Å²) in [7, 11) is 0. The summed E-state index contributed by atoms with van der Waals surface area (Å²) in [6.07, 6.45) is 1.93. The molecule has 4 atom stereocenters. The standard InChI is InChI=1S/C23H22O3/c1-23-13-12-17(18(24)14-23)19(21(25)15-8-4-2-5-9-15)20(23)22(26)16-10-6-3-7-11-16/h2-11,17,19-20H,12-14H2,1H3/t17-,19-,20-,23+/m0/s1. The minimum atomic E-state index is -0.551. The van der Waals surface area contributed by atoms with Crippen molar-refractivity contribution in [3.63, 3.8) is 0 Å². The van der Waals surface area contributed by atoms with Crippen molar-refractivity contribution in [3.05, 3.63) is 71.8 Å². The molecule has 0 aromatic heterocycles. The molecule has 0 unspecified atom stereocenters. The van der Waals surface area contributed by atoms with E-state index >= 15 is 0 Å². The summed E-state index contributed by atoms with van der Waals surface area (Å²) in [5, 5.41) is 0. The van der Waals surface area contributed by atoms with E-state index in [4.69, 9.17) is 0 Å². The summed E-state index contributed by atoms with van der Waals surface area (Å²) in [5.74, 6) is -1.24. The Labute approximate surface area is 153 Å². The van der Waals surface area contributed by atoms with Crippen molar-refractivity contribution in [1.82, 2.24) is 0 Å². The van der Waals surface area contributed by atoms with Crippen LogP contribution in [0.3, 0.4) is 0 Å². The van der Waals surface area contributed by atoms with Gasteiger partial charge in [0.2, 0.25) is 0 Å². The molecule has 3 aliphatic carbocycles. The molecule has 2 bridgehead atoms. The molecule has 3 saturated carbocycles. The fourth-order valence-electron chi connectivity index (χ4n) is 4.97. The number of ketones is 3. The second-order valence-corrected chi connectivity index (χ2v) is 7.91. The maximum atomic E-state index is 13.4. The highest BCUT2D eigenvalue weighted by Crippen LogP contribution is 2.56. The zero-order valence-corrected chi connectivity index (χ0v) is 14.9. The van der Waals surface area contributed by atoms with E-state index in [1.165, 1.54) is 0 Å². The summed E-state index contributed by atoms with van der Waals surface area (Å²) in [6, 6.07) is 18.2. The summed E-state index contributed by atoms with van der Waals surface area (Å²) in [6.45, 7) is 2.01. The Hall–Kier alpha value is -2.55. The maximum Gasteiger partial charge on any atom is 0.167 e. The molecular formula is C23H22O3. The van der Waals surface area contributed by atoms with Gasteiger partial charge in [0.1, 0.15) is 5.78 Å². The Morgan fingerprint density at radius 2 is 1.42 bits per heavy atom. The third-order valence-electron chi connectivity index (χ3n) is 6.26. The zero-order chi connectivity index (χ0) is 18.3. The number of carbonyl (C=O) groups is 3. The lowest BCUT2D eigenvalue weighted by molar-refractivity contribution is -0.139. The van der Waals surface area contributed by atoms with Gasteiger partial charge in [0, 0.05) is 35.3 Å². The average Bonchev–Trinajstić information content (AvgIpc) is 2.67. The third kappa shape index (κ3) is 2.63. The molecule has 3 fully saturated rings. The van der Waals surface area contributed by atoms with Gasteiger partial charge >= 0.3 is 0 Å². The number of Topliss-reactive ketones (excluding diaryl/α,β-unsaturated/α-hetero) is 3. The number of hydrogen-bond donors (Lipinski definition) is 0. The van der Waals surface area contributed by atoms with Crippen molar-refractivity contribution in [2.75, 3.05) is 0 Å². The van der Waals surface area contributed by atoms with Crippen LogP contribution in [0.25, 0.3) is 0 Å². The highest BCUT2D eigenvalue weighted by molar-refractivity contribution is 6.08. The first-order valence-corrected chi connectivity index (χ1v) is 9.22. The van der Waals surface area contributed by atoms with Gasteiger partial charge in [0.05, 0.1) is 0 Å². The monoisotopic (exact) mass is 346 g/mol. The highest BCUT2D eigenvalue weighted by atomic mass is 16.1. The van der Waals surface area contributed by atoms with E-state index in [1.807, 2.05) is 43.3 Å². The van der Waals surface area contributed by atoms with Crippen molar-refractivity contribution < 1.29 is 14.4 Å². The van der Waals surface area contributed by atoms with Crippen LogP contribution < -0.4 is 0 Å². The van der Waals surface area contributed by atoms with Crippen molar-refractivity contribution >= 4 is 17.3 Å². The molecule has 2 aromatic carbocycles. The lowest BCUT2D eigenvalue weighted by atomic mass is 9.48. The first-order valence-electron chi connectivity index (χ1n) is 9.22. The number of carbonyl (C=O) groups excluding carboxylic acids is 3. The Bertz CT molecular complexity index is 856. The van der Waals surface area contributed by atoms with Gasteiger partial charge < -0.3 is 0 Å². The normalized spacial score (nSPS) is 30.2. The van der Waals surface area contributed by atoms with Gasteiger partial charge in [0.25, 0.3) is 0 Å². The first kappa shape index (κ1) is 16.9. The molecule has 0 amide bonds. The van der Waals surface area contributed by atoms with Crippen molar-refractivity contribution in [1.29, 1.82) is 0 Å². The molecule has 0 spiro atoms. The summed E-state index contributed by atoms with van der Waals surface area (Å²) in [5.41, 5.74) is 0.783. The van der Waals surface area contributed by atoms with Crippen molar-refractivity contribution in [2.24, 2.45) is 23.2 Å². The van der Waals surface area contributed by atoms with Gasteiger partial charge in [-0.1, -0.05) is 67.6 Å². The molecule has 0 aliphatic heterocycles. The van der Waals surface area contributed by atoms with E-state index in [0.717, 1.165) is 6.42 Å². The molecule has 0 heterocycles. The van der Waals surface area contributed by atoms with Crippen LogP contribution in [0.15, 0.2) is 60.7 Å². The van der Waals surface area contributed by atoms with Crippen LogP contribution in [0, 0.1) is 23.2 Å². The Kier molecular flexibility index (Phi) is 4.10. The van der Waals surface area contributed by atoms with Gasteiger partial charge in [-0.15, -0.1) is 0 Å². The van der Waals surface area contributed by atoms with Crippen LogP contribution in [-0.2, 0) is 4.79 Å². The lowest BCUT2D eigenvalue weighted by Crippen LogP contribution is -2.56. The fraction of sp³-hybridized carbons (Fsp3) is 0.348. The lowest BCUT2D eigenvalue weighted by Gasteiger charge is -2.52. The maximum absolute atomic E-state index is 13.4. The SMILES string of the molecule is C[C@@]12CC[C@@H](C(=O)C1)[C@H](C(=O)c1ccccc1)[C@H]2C(=O)c1ccccc1. The molecule has 0 radical (unpaired) electrons. The molecule has 0 N–H and O–H groups in total. The summed E-state index contributed by atoms with van der Waals surface area (Å²) in [4.78, 5) is 39.4. The van der Waals surface area contributed by atoms with Gasteiger partial charge in [-0.3, -0.25) is 14.4 Å². The van der Waals surface area contributed by atoms with E-state index in [0.29, 0.717) is 24.0 Å². The quantitative estimate of drug-likeness (QED) is 0.772. The topological polar surface area (TPSA) is 51.2 Å². The van der Waals surface area contributed by atoms with E-state index < -0.39 is 17.3 Å². The van der Waals surface area contributed by atoms with Crippen molar-refractivity contribution in [2.45, 2.75) is 26.2 Å². The van der Waals surface area contributed by atoms with Crippen LogP contribution in [0.2, 0.25) is 0 Å². The highest BCUT2D eigenvalue weighted by Gasteiger charge is 2.59. The van der Waals surface area contributed by atoms with Crippen LogP contribution in [0.1, 0.15) is 46.9 Å². The van der Waals surface area contributed by atoms with Crippen LogP contribution in [0.4, 0.5) is 0 Å². The predicted octanol–water partition coefficient (Wildman–Crippen LogP) is 4.37. The number of rotatable bonds is 4. The van der Waals surface area contributed by atoms with E-state index in [2.05, 4.69) is 0 Å². The molecular weight excluding hydrogens is 324 g/mol. The van der Waals surface area contributed by atoms with Crippen LogP contribution in [-0.4, -0.2) is 17.3 Å². The van der Waals surface area contributed by atoms with Gasteiger partial charge in [-0.05, 0) is 18.3 Å². The van der Waals surface area contributed by atoms with Crippen LogP contribution >= 0.6 is 0 Å². The molecule has 3 nitrogen and oxygen atoms in total. The molecule has 3 heteroatoms. The largest absolute Gasteiger partial charge is 0.299 e. The smallest absolute Gasteiger partial charge is 0.167 e. The van der Waals surface area contributed by atoms with E-state index in [-0.39, 0.29) is 23.3 Å². The molecule has 3 aliphatic rings. The second kappa shape index (κ2) is 6.31. The first-order chi connectivity index (χ1) is 12.5. The number of fused-ring (bicyclic) bond motifs is 3. The van der Waals surface area contributed by atoms with Gasteiger partial charge in [-0.25, -0.2) is 0 Å². The Morgan fingerprint density at radius 1 is 0.885 bits per heavy atom. The van der Waals surface area contributed by atoms with Crippen molar-refractivity contribution in [3.8, 4) is 0 Å². The number of benzene rings is 2. The van der Waals surface area contributed by atoms with E-state index in [9.17, 15) is 14.4 Å². The zero-order valence-electron chi connectivity index (χ0n) is 14.9. The van der Waals surface area contributed by atoms with Gasteiger partial charge in [0.15, 0.2) is 11.6 Å².